The molecule has 1 heterocycles. The molecule has 1 atom stereocenters. The SMILES string of the molecule is COC(=O)CC(NS(=O)(=O)c1cn(C)c(=O)n(C)c1=O)c1ccc(C)cc1. The zero-order chi connectivity index (χ0) is 20.4. The number of aromatic nitrogens is 2. The van der Waals surface area contributed by atoms with E-state index in [0.29, 0.717) is 10.1 Å². The average molecular weight is 395 g/mol. The third-order valence-corrected chi connectivity index (χ3v) is 5.53. The fourth-order valence-electron chi connectivity index (χ4n) is 2.49. The van der Waals surface area contributed by atoms with Crippen LogP contribution in [0.4, 0.5) is 0 Å². The maximum absolute atomic E-state index is 12.8. The van der Waals surface area contributed by atoms with E-state index in [1.54, 1.807) is 24.3 Å². The van der Waals surface area contributed by atoms with E-state index >= 15 is 0 Å². The summed E-state index contributed by atoms with van der Waals surface area (Å²) in [5.41, 5.74) is -0.100. The lowest BCUT2D eigenvalue weighted by molar-refractivity contribution is -0.141. The molecule has 0 spiro atoms. The van der Waals surface area contributed by atoms with Gasteiger partial charge in [0.05, 0.1) is 19.6 Å². The van der Waals surface area contributed by atoms with Gasteiger partial charge in [-0.25, -0.2) is 17.9 Å². The molecule has 0 fully saturated rings. The Labute approximate surface area is 156 Å². The first kappa shape index (κ1) is 20.6. The Kier molecular flexibility index (Phi) is 6.01. The maximum atomic E-state index is 12.8. The standard InChI is InChI=1S/C17H21N3O6S/c1-11-5-7-12(8-6-11)13(9-15(21)26-4)18-27(24,25)14-10-19(2)17(23)20(3)16(14)22/h5-8,10,13,18H,9H2,1-4H3. The first-order chi connectivity index (χ1) is 12.6. The summed E-state index contributed by atoms with van der Waals surface area (Å²) in [5.74, 6) is -0.614. The highest BCUT2D eigenvalue weighted by molar-refractivity contribution is 7.89. The Bertz CT molecular complexity index is 1070. The summed E-state index contributed by atoms with van der Waals surface area (Å²) in [6, 6.07) is 5.98. The van der Waals surface area contributed by atoms with E-state index in [1.807, 2.05) is 6.92 Å². The summed E-state index contributed by atoms with van der Waals surface area (Å²) in [5, 5.41) is 0. The summed E-state index contributed by atoms with van der Waals surface area (Å²) >= 11 is 0. The third-order valence-electron chi connectivity index (χ3n) is 4.08. The lowest BCUT2D eigenvalue weighted by Gasteiger charge is -2.18. The molecule has 2 aromatic rings. The van der Waals surface area contributed by atoms with Crippen molar-refractivity contribution in [2.75, 3.05) is 7.11 Å². The van der Waals surface area contributed by atoms with Crippen molar-refractivity contribution in [2.24, 2.45) is 14.1 Å². The lowest BCUT2D eigenvalue weighted by Crippen LogP contribution is -2.42. The number of nitrogens with one attached hydrogen (secondary N) is 1. The van der Waals surface area contributed by atoms with Crippen LogP contribution in [0.15, 0.2) is 44.9 Å². The van der Waals surface area contributed by atoms with Gasteiger partial charge >= 0.3 is 11.7 Å². The number of nitrogens with zero attached hydrogens (tertiary/aromatic N) is 2. The normalized spacial score (nSPS) is 12.6. The van der Waals surface area contributed by atoms with Crippen molar-refractivity contribution in [3.8, 4) is 0 Å². The molecule has 146 valence electrons. The van der Waals surface area contributed by atoms with Gasteiger partial charge < -0.3 is 9.30 Å². The van der Waals surface area contributed by atoms with Gasteiger partial charge in [-0.15, -0.1) is 0 Å². The zero-order valence-corrected chi connectivity index (χ0v) is 16.2. The first-order valence-electron chi connectivity index (χ1n) is 7.99. The van der Waals surface area contributed by atoms with Crippen LogP contribution in [0.2, 0.25) is 0 Å². The number of benzene rings is 1. The first-order valence-corrected chi connectivity index (χ1v) is 9.47. The molecule has 0 aliphatic heterocycles. The Morgan fingerprint density at radius 1 is 1.19 bits per heavy atom. The molecule has 0 aliphatic rings. The summed E-state index contributed by atoms with van der Waals surface area (Å²) < 4.78 is 34.3. The van der Waals surface area contributed by atoms with Gasteiger partial charge in [0.1, 0.15) is 0 Å². The molecular weight excluding hydrogens is 374 g/mol. The van der Waals surface area contributed by atoms with Crippen molar-refractivity contribution in [1.82, 2.24) is 13.9 Å². The van der Waals surface area contributed by atoms with E-state index in [9.17, 15) is 22.8 Å². The highest BCUT2D eigenvalue weighted by atomic mass is 32.2. The number of esters is 1. The second-order valence-electron chi connectivity index (χ2n) is 6.12. The average Bonchev–Trinajstić information content (AvgIpc) is 2.62. The molecular formula is C17H21N3O6S. The van der Waals surface area contributed by atoms with Gasteiger partial charge in [0.2, 0.25) is 10.0 Å². The molecule has 2 rings (SSSR count). The Balaban J connectivity index is 2.50. The van der Waals surface area contributed by atoms with E-state index < -0.39 is 38.2 Å². The number of carbonyl (C=O) groups is 1. The molecule has 0 saturated carbocycles. The van der Waals surface area contributed by atoms with E-state index in [-0.39, 0.29) is 6.42 Å². The molecule has 0 radical (unpaired) electrons. The van der Waals surface area contributed by atoms with Crippen LogP contribution in [0.3, 0.4) is 0 Å². The van der Waals surface area contributed by atoms with E-state index in [4.69, 9.17) is 0 Å². The predicted molar refractivity (Wildman–Crippen MR) is 97.8 cm³/mol. The van der Waals surface area contributed by atoms with Crippen molar-refractivity contribution in [1.29, 1.82) is 0 Å². The van der Waals surface area contributed by atoms with Crippen LogP contribution in [0.1, 0.15) is 23.6 Å². The molecule has 1 aromatic carbocycles. The Morgan fingerprint density at radius 2 is 1.78 bits per heavy atom. The maximum Gasteiger partial charge on any atom is 0.330 e. The predicted octanol–water partition coefficient (Wildman–Crippen LogP) is -0.0249. The third kappa shape index (κ3) is 4.52. The number of carbonyl (C=O) groups excluding carboxylic acids is 1. The molecule has 9 nitrogen and oxygen atoms in total. The molecule has 1 aromatic heterocycles. The fourth-order valence-corrected chi connectivity index (χ4v) is 3.87. The molecule has 1 N–H and O–H groups in total. The molecule has 1 unspecified atom stereocenters. The van der Waals surface area contributed by atoms with Gasteiger partial charge in [-0.1, -0.05) is 29.8 Å². The Hall–Kier alpha value is -2.72. The molecule has 0 aliphatic carbocycles. The van der Waals surface area contributed by atoms with E-state index in [0.717, 1.165) is 16.3 Å². The minimum atomic E-state index is -4.31. The highest BCUT2D eigenvalue weighted by Crippen LogP contribution is 2.20. The van der Waals surface area contributed by atoms with Crippen LogP contribution in [-0.2, 0) is 33.7 Å². The van der Waals surface area contributed by atoms with Crippen molar-refractivity contribution < 1.29 is 17.9 Å². The van der Waals surface area contributed by atoms with Crippen molar-refractivity contribution in [3.63, 3.8) is 0 Å². The molecule has 0 saturated heterocycles. The number of hydrogen-bond acceptors (Lipinski definition) is 6. The molecule has 10 heteroatoms. The minimum Gasteiger partial charge on any atom is -0.469 e. The second-order valence-corrected chi connectivity index (χ2v) is 7.80. The largest absolute Gasteiger partial charge is 0.469 e. The van der Waals surface area contributed by atoms with Gasteiger partial charge in [-0.05, 0) is 12.5 Å². The van der Waals surface area contributed by atoms with E-state index in [2.05, 4.69) is 9.46 Å². The molecule has 0 amide bonds. The Morgan fingerprint density at radius 3 is 2.33 bits per heavy atom. The van der Waals surface area contributed by atoms with Gasteiger partial charge in [0.25, 0.3) is 5.56 Å². The van der Waals surface area contributed by atoms with Crippen LogP contribution in [0, 0.1) is 6.92 Å². The highest BCUT2D eigenvalue weighted by Gasteiger charge is 2.27. The summed E-state index contributed by atoms with van der Waals surface area (Å²) in [4.78, 5) is 35.2. The monoisotopic (exact) mass is 395 g/mol. The molecule has 27 heavy (non-hydrogen) atoms. The van der Waals surface area contributed by atoms with Crippen LogP contribution < -0.4 is 16.0 Å². The lowest BCUT2D eigenvalue weighted by atomic mass is 10.0. The number of sulfonamides is 1. The zero-order valence-electron chi connectivity index (χ0n) is 15.4. The van der Waals surface area contributed by atoms with Gasteiger partial charge in [0.15, 0.2) is 4.90 Å². The summed E-state index contributed by atoms with van der Waals surface area (Å²) in [7, 11) is -0.585. The van der Waals surface area contributed by atoms with Crippen LogP contribution >= 0.6 is 0 Å². The van der Waals surface area contributed by atoms with Crippen molar-refractivity contribution in [2.45, 2.75) is 24.3 Å². The number of methoxy groups -OCH3 is 1. The smallest absolute Gasteiger partial charge is 0.330 e. The molecule has 0 bridgehead atoms. The fraction of sp³-hybridized carbons (Fsp3) is 0.353. The number of aryl methyl sites for hydroxylation is 2. The number of ether oxygens (including phenoxy) is 1. The van der Waals surface area contributed by atoms with Crippen molar-refractivity contribution in [3.05, 3.63) is 62.4 Å². The van der Waals surface area contributed by atoms with Crippen LogP contribution in [-0.4, -0.2) is 30.6 Å². The quantitative estimate of drug-likeness (QED) is 0.687. The summed E-state index contributed by atoms with van der Waals surface area (Å²) in [6.45, 7) is 1.87. The number of hydrogen-bond donors (Lipinski definition) is 1. The second kappa shape index (κ2) is 7.89. The van der Waals surface area contributed by atoms with Crippen LogP contribution in [0.5, 0.6) is 0 Å². The van der Waals surface area contributed by atoms with Gasteiger partial charge in [-0.2, -0.15) is 0 Å². The number of rotatable bonds is 6. The topological polar surface area (TPSA) is 116 Å². The van der Waals surface area contributed by atoms with Crippen LogP contribution in [0.25, 0.3) is 0 Å². The van der Waals surface area contributed by atoms with E-state index in [1.165, 1.54) is 21.2 Å². The summed E-state index contributed by atoms with van der Waals surface area (Å²) in [6.07, 6.45) is 0.697. The van der Waals surface area contributed by atoms with Gasteiger partial charge in [-0.3, -0.25) is 14.2 Å². The van der Waals surface area contributed by atoms with Gasteiger partial charge in [0, 0.05) is 20.3 Å². The minimum absolute atomic E-state index is 0.259. The van der Waals surface area contributed by atoms with Crippen molar-refractivity contribution >= 4 is 16.0 Å².